The van der Waals surface area contributed by atoms with Crippen molar-refractivity contribution in [3.63, 3.8) is 0 Å². The van der Waals surface area contributed by atoms with Gasteiger partial charge in [-0.3, -0.25) is 9.10 Å². The lowest BCUT2D eigenvalue weighted by Gasteiger charge is -2.16. The second-order valence-corrected chi connectivity index (χ2v) is 7.49. The van der Waals surface area contributed by atoms with Gasteiger partial charge in [0.25, 0.3) is 5.91 Å². The molecule has 0 atom stereocenters. The van der Waals surface area contributed by atoms with Crippen molar-refractivity contribution in [2.45, 2.75) is 6.92 Å². The van der Waals surface area contributed by atoms with E-state index >= 15 is 0 Å². The van der Waals surface area contributed by atoms with Gasteiger partial charge in [-0.1, -0.05) is 0 Å². The van der Waals surface area contributed by atoms with Crippen LogP contribution >= 0.6 is 0 Å². The summed E-state index contributed by atoms with van der Waals surface area (Å²) in [5.74, 6) is 0.383. The molecule has 0 aliphatic carbocycles. The number of ether oxygens (including phenoxy) is 1. The third-order valence-electron chi connectivity index (χ3n) is 3.56. The molecule has 1 amide bonds. The van der Waals surface area contributed by atoms with Gasteiger partial charge in [-0.05, 0) is 61.0 Å². The number of hydrogen-bond donors (Lipinski definition) is 1. The molecule has 0 spiro atoms. The molecule has 2 aromatic rings. The molecule has 0 saturated carbocycles. The summed E-state index contributed by atoms with van der Waals surface area (Å²) < 4.78 is 29.5. The lowest BCUT2D eigenvalue weighted by Crippen LogP contribution is -2.25. The van der Waals surface area contributed by atoms with Crippen LogP contribution in [0, 0.1) is 0 Å². The molecule has 0 aliphatic rings. The molecule has 0 aromatic heterocycles. The molecular weight excluding hydrogens is 354 g/mol. The summed E-state index contributed by atoms with van der Waals surface area (Å²) in [6, 6.07) is 13.5. The minimum atomic E-state index is -3.34. The van der Waals surface area contributed by atoms with E-state index in [0.717, 1.165) is 21.9 Å². The van der Waals surface area contributed by atoms with Gasteiger partial charge in [0.2, 0.25) is 10.0 Å². The Labute approximate surface area is 153 Å². The topological polar surface area (TPSA) is 88.1 Å². The van der Waals surface area contributed by atoms with Crippen molar-refractivity contribution >= 4 is 27.8 Å². The number of hydrazone groups is 1. The molecule has 7 nitrogen and oxygen atoms in total. The van der Waals surface area contributed by atoms with Gasteiger partial charge in [-0.25, -0.2) is 13.8 Å². The van der Waals surface area contributed by atoms with Crippen molar-refractivity contribution in [3.8, 4) is 5.75 Å². The van der Waals surface area contributed by atoms with Crippen LogP contribution in [0.25, 0.3) is 0 Å². The van der Waals surface area contributed by atoms with Gasteiger partial charge < -0.3 is 4.74 Å². The second-order valence-electron chi connectivity index (χ2n) is 5.48. The number of anilines is 1. The molecule has 0 fully saturated rings. The molecule has 0 aliphatic heterocycles. The summed E-state index contributed by atoms with van der Waals surface area (Å²) in [6.45, 7) is 2.51. The third-order valence-corrected chi connectivity index (χ3v) is 4.77. The molecule has 0 saturated heterocycles. The first-order valence-electron chi connectivity index (χ1n) is 7.91. The summed E-state index contributed by atoms with van der Waals surface area (Å²) in [7, 11) is -1.89. The molecule has 26 heavy (non-hydrogen) atoms. The number of hydrogen-bond acceptors (Lipinski definition) is 5. The highest BCUT2D eigenvalue weighted by molar-refractivity contribution is 7.92. The average Bonchev–Trinajstić information content (AvgIpc) is 2.62. The highest BCUT2D eigenvalue weighted by Crippen LogP contribution is 2.16. The van der Waals surface area contributed by atoms with E-state index in [4.69, 9.17) is 4.74 Å². The molecular formula is C18H21N3O4S. The predicted octanol–water partition coefficient (Wildman–Crippen LogP) is 2.25. The Morgan fingerprint density at radius 1 is 1.15 bits per heavy atom. The van der Waals surface area contributed by atoms with Crippen LogP contribution < -0.4 is 14.5 Å². The monoisotopic (exact) mass is 375 g/mol. The van der Waals surface area contributed by atoms with Crippen LogP contribution in [0.2, 0.25) is 0 Å². The Hall–Kier alpha value is -2.87. The van der Waals surface area contributed by atoms with E-state index in [1.807, 2.05) is 31.2 Å². The summed E-state index contributed by atoms with van der Waals surface area (Å²) in [6.07, 6.45) is 2.64. The van der Waals surface area contributed by atoms with Crippen molar-refractivity contribution in [1.82, 2.24) is 5.43 Å². The number of amides is 1. The van der Waals surface area contributed by atoms with Gasteiger partial charge in [0.15, 0.2) is 0 Å². The molecule has 8 heteroatoms. The predicted molar refractivity (Wildman–Crippen MR) is 102 cm³/mol. The van der Waals surface area contributed by atoms with E-state index in [1.54, 1.807) is 24.3 Å². The van der Waals surface area contributed by atoms with Gasteiger partial charge in [-0.2, -0.15) is 5.10 Å². The smallest absolute Gasteiger partial charge is 0.271 e. The van der Waals surface area contributed by atoms with E-state index in [0.29, 0.717) is 17.9 Å². The number of carbonyl (C=O) groups is 1. The maximum absolute atomic E-state index is 12.1. The number of sulfonamides is 1. The SMILES string of the molecule is CCOc1ccc(/C=N\NC(=O)c2ccc(N(C)S(C)(=O)=O)cc2)cc1. The van der Waals surface area contributed by atoms with Crippen LogP contribution in [-0.4, -0.2) is 40.4 Å². The Bertz CT molecular complexity index is 876. The van der Waals surface area contributed by atoms with Gasteiger partial charge in [-0.15, -0.1) is 0 Å². The molecule has 138 valence electrons. The Kier molecular flexibility index (Phi) is 6.35. The zero-order chi connectivity index (χ0) is 19.2. The second kappa shape index (κ2) is 8.48. The number of nitrogens with one attached hydrogen (secondary N) is 1. The molecule has 0 heterocycles. The zero-order valence-corrected chi connectivity index (χ0v) is 15.7. The summed E-state index contributed by atoms with van der Waals surface area (Å²) in [5, 5.41) is 3.92. The highest BCUT2D eigenvalue weighted by atomic mass is 32.2. The number of benzene rings is 2. The number of nitrogens with zero attached hydrogens (tertiary/aromatic N) is 2. The maximum atomic E-state index is 12.1. The molecule has 0 radical (unpaired) electrons. The minimum absolute atomic E-state index is 0.375. The van der Waals surface area contributed by atoms with E-state index in [-0.39, 0.29) is 5.91 Å². The van der Waals surface area contributed by atoms with Crippen molar-refractivity contribution in [3.05, 3.63) is 59.7 Å². The van der Waals surface area contributed by atoms with Crippen molar-refractivity contribution in [2.24, 2.45) is 5.10 Å². The van der Waals surface area contributed by atoms with Crippen molar-refractivity contribution < 1.29 is 17.9 Å². The average molecular weight is 375 g/mol. The molecule has 2 aromatic carbocycles. The van der Waals surface area contributed by atoms with Crippen LogP contribution in [0.15, 0.2) is 53.6 Å². The van der Waals surface area contributed by atoms with Crippen LogP contribution in [0.1, 0.15) is 22.8 Å². The first-order chi connectivity index (χ1) is 12.3. The van der Waals surface area contributed by atoms with Gasteiger partial charge in [0, 0.05) is 12.6 Å². The number of carbonyl (C=O) groups excluding carboxylic acids is 1. The summed E-state index contributed by atoms with van der Waals surface area (Å²) in [5.41, 5.74) is 4.10. The lowest BCUT2D eigenvalue weighted by molar-refractivity contribution is 0.0955. The third kappa shape index (κ3) is 5.32. The maximum Gasteiger partial charge on any atom is 0.271 e. The van der Waals surface area contributed by atoms with Gasteiger partial charge in [0.1, 0.15) is 5.75 Å². The van der Waals surface area contributed by atoms with Crippen LogP contribution in [-0.2, 0) is 10.0 Å². The van der Waals surface area contributed by atoms with Gasteiger partial charge in [0.05, 0.1) is 24.8 Å². The van der Waals surface area contributed by atoms with Crippen molar-refractivity contribution in [2.75, 3.05) is 24.2 Å². The highest BCUT2D eigenvalue weighted by Gasteiger charge is 2.12. The molecule has 0 unspecified atom stereocenters. The Balaban J connectivity index is 1.97. The van der Waals surface area contributed by atoms with Crippen LogP contribution in [0.5, 0.6) is 5.75 Å². The molecule has 0 bridgehead atoms. The first-order valence-corrected chi connectivity index (χ1v) is 9.76. The fourth-order valence-electron chi connectivity index (χ4n) is 2.06. The largest absolute Gasteiger partial charge is 0.494 e. The van der Waals surface area contributed by atoms with E-state index < -0.39 is 10.0 Å². The van der Waals surface area contributed by atoms with Crippen molar-refractivity contribution in [1.29, 1.82) is 0 Å². The summed E-state index contributed by atoms with van der Waals surface area (Å²) in [4.78, 5) is 12.1. The lowest BCUT2D eigenvalue weighted by atomic mass is 10.2. The van der Waals surface area contributed by atoms with Crippen LogP contribution in [0.3, 0.4) is 0 Å². The van der Waals surface area contributed by atoms with Crippen LogP contribution in [0.4, 0.5) is 5.69 Å². The fourth-order valence-corrected chi connectivity index (χ4v) is 2.57. The summed E-state index contributed by atoms with van der Waals surface area (Å²) >= 11 is 0. The first kappa shape index (κ1) is 19.5. The molecule has 2 rings (SSSR count). The zero-order valence-electron chi connectivity index (χ0n) is 14.8. The fraction of sp³-hybridized carbons (Fsp3) is 0.222. The van der Waals surface area contributed by atoms with E-state index in [2.05, 4.69) is 10.5 Å². The minimum Gasteiger partial charge on any atom is -0.494 e. The van der Waals surface area contributed by atoms with E-state index in [9.17, 15) is 13.2 Å². The normalized spacial score (nSPS) is 11.3. The quantitative estimate of drug-likeness (QED) is 0.594. The van der Waals surface area contributed by atoms with E-state index in [1.165, 1.54) is 13.3 Å². The molecule has 1 N–H and O–H groups in total. The van der Waals surface area contributed by atoms with Gasteiger partial charge >= 0.3 is 0 Å². The Morgan fingerprint density at radius 3 is 2.31 bits per heavy atom. The standard InChI is InChI=1S/C18H21N3O4S/c1-4-25-17-11-5-14(6-12-17)13-19-20-18(22)15-7-9-16(10-8-15)21(2)26(3,23)24/h5-13H,4H2,1-3H3,(H,20,22)/b19-13-. The number of rotatable bonds is 7. The Morgan fingerprint density at radius 2 is 1.77 bits per heavy atom.